The Balaban J connectivity index is 1.48. The van der Waals surface area contributed by atoms with E-state index in [9.17, 15) is 19.5 Å². The average molecular weight is 393 g/mol. The average Bonchev–Trinajstić information content (AvgIpc) is 2.96. The molecular weight excluding hydrogens is 374 g/mol. The highest BCUT2D eigenvalue weighted by atomic mass is 16.3. The molecule has 0 spiro atoms. The molecule has 0 radical (unpaired) electrons. The Morgan fingerprint density at radius 1 is 1.24 bits per heavy atom. The van der Waals surface area contributed by atoms with Crippen LogP contribution in [0.25, 0.3) is 11.0 Å². The first-order chi connectivity index (χ1) is 14.0. The van der Waals surface area contributed by atoms with Gasteiger partial charge in [-0.25, -0.2) is 4.98 Å². The van der Waals surface area contributed by atoms with Crippen molar-refractivity contribution in [1.82, 2.24) is 14.9 Å². The predicted octanol–water partition coefficient (Wildman–Crippen LogP) is 1.14. The standard InChI is InChI=1S/C20H19N5O4/c1-25-16-7-6-11(8-14(16)22-17(25)10-26)21-18(27)9-15-20(29)23-13-5-3-2-4-12(13)19(28)24-15/h2-8,15,26H,9-10H2,1H3,(H,21,27)(H,23,29)(H,24,28)/t15-/m0/s1. The van der Waals surface area contributed by atoms with Crippen LogP contribution >= 0.6 is 0 Å². The third-order valence-corrected chi connectivity index (χ3v) is 4.84. The van der Waals surface area contributed by atoms with Gasteiger partial charge in [-0.05, 0) is 30.3 Å². The molecule has 3 amide bonds. The van der Waals surface area contributed by atoms with Crippen LogP contribution in [0, 0.1) is 0 Å². The van der Waals surface area contributed by atoms with Gasteiger partial charge >= 0.3 is 0 Å². The van der Waals surface area contributed by atoms with Crippen LogP contribution in [-0.2, 0) is 23.2 Å². The lowest BCUT2D eigenvalue weighted by molar-refractivity contribution is -0.122. The lowest BCUT2D eigenvalue weighted by Crippen LogP contribution is -2.43. The minimum absolute atomic E-state index is 0.189. The van der Waals surface area contributed by atoms with Gasteiger partial charge < -0.3 is 25.6 Å². The summed E-state index contributed by atoms with van der Waals surface area (Å²) in [7, 11) is 1.80. The van der Waals surface area contributed by atoms with Crippen molar-refractivity contribution in [3.63, 3.8) is 0 Å². The van der Waals surface area contributed by atoms with E-state index < -0.39 is 23.8 Å². The highest BCUT2D eigenvalue weighted by Gasteiger charge is 2.29. The molecule has 29 heavy (non-hydrogen) atoms. The molecule has 1 atom stereocenters. The molecule has 1 aliphatic heterocycles. The normalized spacial score (nSPS) is 16.0. The maximum Gasteiger partial charge on any atom is 0.254 e. The molecule has 0 saturated heterocycles. The van der Waals surface area contributed by atoms with E-state index in [1.54, 1.807) is 54.1 Å². The van der Waals surface area contributed by atoms with Crippen molar-refractivity contribution in [2.45, 2.75) is 19.1 Å². The molecule has 0 saturated carbocycles. The molecule has 9 heteroatoms. The van der Waals surface area contributed by atoms with E-state index in [-0.39, 0.29) is 13.0 Å². The number of hydrogen-bond acceptors (Lipinski definition) is 5. The van der Waals surface area contributed by atoms with E-state index in [0.717, 1.165) is 5.52 Å². The fourth-order valence-electron chi connectivity index (χ4n) is 3.32. The van der Waals surface area contributed by atoms with E-state index in [1.165, 1.54) is 0 Å². The summed E-state index contributed by atoms with van der Waals surface area (Å²) in [6.07, 6.45) is -0.215. The van der Waals surface area contributed by atoms with Crippen molar-refractivity contribution in [2.75, 3.05) is 10.6 Å². The lowest BCUT2D eigenvalue weighted by atomic mass is 10.1. The minimum Gasteiger partial charge on any atom is -0.388 e. The third kappa shape index (κ3) is 3.55. The van der Waals surface area contributed by atoms with Gasteiger partial charge in [-0.2, -0.15) is 0 Å². The number of aromatic nitrogens is 2. The van der Waals surface area contributed by atoms with Crippen LogP contribution in [0.3, 0.4) is 0 Å². The Labute approximate surface area is 165 Å². The summed E-state index contributed by atoms with van der Waals surface area (Å²) >= 11 is 0. The first kappa shape index (κ1) is 18.6. The second-order valence-corrected chi connectivity index (χ2v) is 6.76. The van der Waals surface area contributed by atoms with Crippen LogP contribution in [0.1, 0.15) is 22.6 Å². The SMILES string of the molecule is Cn1c(CO)nc2cc(NC(=O)C[C@@H]3NC(=O)c4ccccc4NC3=O)ccc21. The molecule has 148 valence electrons. The van der Waals surface area contributed by atoms with Crippen LogP contribution in [0.15, 0.2) is 42.5 Å². The Hall–Kier alpha value is -3.72. The number of benzene rings is 2. The number of anilines is 2. The zero-order valence-corrected chi connectivity index (χ0v) is 15.6. The minimum atomic E-state index is -0.991. The van der Waals surface area contributed by atoms with Gasteiger partial charge in [-0.15, -0.1) is 0 Å². The molecule has 0 fully saturated rings. The van der Waals surface area contributed by atoms with Crippen molar-refractivity contribution in [3.05, 3.63) is 53.9 Å². The summed E-state index contributed by atoms with van der Waals surface area (Å²) in [5.74, 6) is -0.774. The number of para-hydroxylation sites is 1. The van der Waals surface area contributed by atoms with Crippen molar-refractivity contribution < 1.29 is 19.5 Å². The number of aliphatic hydroxyl groups excluding tert-OH is 1. The Morgan fingerprint density at radius 3 is 2.83 bits per heavy atom. The van der Waals surface area contributed by atoms with Gasteiger partial charge in [0.15, 0.2) is 0 Å². The molecule has 9 nitrogen and oxygen atoms in total. The van der Waals surface area contributed by atoms with Gasteiger partial charge in [-0.1, -0.05) is 12.1 Å². The van der Waals surface area contributed by atoms with Crippen LogP contribution in [0.2, 0.25) is 0 Å². The lowest BCUT2D eigenvalue weighted by Gasteiger charge is -2.14. The van der Waals surface area contributed by atoms with Gasteiger partial charge in [-0.3, -0.25) is 14.4 Å². The van der Waals surface area contributed by atoms with Crippen molar-refractivity contribution in [3.8, 4) is 0 Å². The molecule has 0 bridgehead atoms. The van der Waals surface area contributed by atoms with Gasteiger partial charge in [0.05, 0.1) is 28.7 Å². The molecule has 0 aliphatic carbocycles. The van der Waals surface area contributed by atoms with E-state index in [1.807, 2.05) is 0 Å². The van der Waals surface area contributed by atoms with Crippen molar-refractivity contribution >= 4 is 40.1 Å². The smallest absolute Gasteiger partial charge is 0.254 e. The zero-order chi connectivity index (χ0) is 20.5. The fraction of sp³-hybridized carbons (Fsp3) is 0.200. The first-order valence-electron chi connectivity index (χ1n) is 9.03. The van der Waals surface area contributed by atoms with E-state index in [4.69, 9.17) is 0 Å². The number of nitrogens with zero attached hydrogens (tertiary/aromatic N) is 2. The summed E-state index contributed by atoms with van der Waals surface area (Å²) < 4.78 is 1.77. The van der Waals surface area contributed by atoms with Gasteiger partial charge in [0, 0.05) is 12.7 Å². The highest BCUT2D eigenvalue weighted by Crippen LogP contribution is 2.21. The summed E-state index contributed by atoms with van der Waals surface area (Å²) in [5, 5.41) is 17.3. The number of imidazole rings is 1. The number of aliphatic hydroxyl groups is 1. The van der Waals surface area contributed by atoms with Crippen LogP contribution < -0.4 is 16.0 Å². The molecule has 3 aromatic rings. The van der Waals surface area contributed by atoms with Gasteiger partial charge in [0.2, 0.25) is 11.8 Å². The number of nitrogens with one attached hydrogen (secondary N) is 3. The molecule has 1 aromatic heterocycles. The quantitative estimate of drug-likeness (QED) is 0.529. The van der Waals surface area contributed by atoms with E-state index >= 15 is 0 Å². The second-order valence-electron chi connectivity index (χ2n) is 6.76. The molecule has 0 unspecified atom stereocenters. The monoisotopic (exact) mass is 393 g/mol. The van der Waals surface area contributed by atoms with Gasteiger partial charge in [0.1, 0.15) is 18.5 Å². The largest absolute Gasteiger partial charge is 0.388 e. The zero-order valence-electron chi connectivity index (χ0n) is 15.6. The number of carbonyl (C=O) groups is 3. The highest BCUT2D eigenvalue weighted by molar-refractivity contribution is 6.11. The summed E-state index contributed by atoms with van der Waals surface area (Å²) in [6.45, 7) is -0.189. The number of amides is 3. The molecule has 4 N–H and O–H groups in total. The predicted molar refractivity (Wildman–Crippen MR) is 106 cm³/mol. The number of rotatable bonds is 4. The van der Waals surface area contributed by atoms with E-state index in [0.29, 0.717) is 28.3 Å². The molecule has 4 rings (SSSR count). The maximum absolute atomic E-state index is 12.5. The number of aryl methyl sites for hydroxylation is 1. The Bertz CT molecular complexity index is 1140. The van der Waals surface area contributed by atoms with Crippen molar-refractivity contribution in [1.29, 1.82) is 0 Å². The number of fused-ring (bicyclic) bond motifs is 2. The summed E-state index contributed by atoms with van der Waals surface area (Å²) in [5.41, 5.74) is 2.72. The fourth-order valence-corrected chi connectivity index (χ4v) is 3.32. The number of carbonyl (C=O) groups excluding carboxylic acids is 3. The van der Waals surface area contributed by atoms with Crippen LogP contribution in [-0.4, -0.2) is 38.4 Å². The second kappa shape index (κ2) is 7.36. The maximum atomic E-state index is 12.5. The van der Waals surface area contributed by atoms with Crippen LogP contribution in [0.5, 0.6) is 0 Å². The molecular formula is C20H19N5O4. The summed E-state index contributed by atoms with van der Waals surface area (Å²) in [6, 6.07) is 10.9. The summed E-state index contributed by atoms with van der Waals surface area (Å²) in [4.78, 5) is 41.5. The molecule has 2 aromatic carbocycles. The van der Waals surface area contributed by atoms with Crippen LogP contribution in [0.4, 0.5) is 11.4 Å². The third-order valence-electron chi connectivity index (χ3n) is 4.84. The van der Waals surface area contributed by atoms with Crippen molar-refractivity contribution in [2.24, 2.45) is 7.05 Å². The topological polar surface area (TPSA) is 125 Å². The molecule has 2 heterocycles. The Morgan fingerprint density at radius 2 is 2.03 bits per heavy atom. The Kier molecular flexibility index (Phi) is 4.73. The van der Waals surface area contributed by atoms with E-state index in [2.05, 4.69) is 20.9 Å². The van der Waals surface area contributed by atoms with Gasteiger partial charge in [0.25, 0.3) is 5.91 Å². The molecule has 1 aliphatic rings. The first-order valence-corrected chi connectivity index (χ1v) is 9.03. The number of hydrogen-bond donors (Lipinski definition) is 4.